The van der Waals surface area contributed by atoms with Gasteiger partial charge in [0.1, 0.15) is 0 Å². The molecule has 0 spiro atoms. The zero-order valence-corrected chi connectivity index (χ0v) is 17.4. The van der Waals surface area contributed by atoms with Crippen molar-refractivity contribution in [3.8, 4) is 0 Å². The van der Waals surface area contributed by atoms with Crippen LogP contribution in [-0.2, 0) is 21.2 Å². The lowest BCUT2D eigenvalue weighted by molar-refractivity contribution is -0.118. The first kappa shape index (κ1) is 18.9. The van der Waals surface area contributed by atoms with Crippen LogP contribution in [-0.4, -0.2) is 38.3 Å². The summed E-state index contributed by atoms with van der Waals surface area (Å²) < 4.78 is 28.7. The van der Waals surface area contributed by atoms with Crippen LogP contribution in [0.3, 0.4) is 0 Å². The van der Waals surface area contributed by atoms with E-state index in [0.717, 1.165) is 24.1 Å². The molecular weight excluding hydrogens is 404 g/mol. The molecule has 1 aromatic rings. The number of rotatable bonds is 3. The molecule has 138 valence electrons. The van der Waals surface area contributed by atoms with Crippen LogP contribution < -0.4 is 4.90 Å². The minimum atomic E-state index is -3.59. The molecule has 5 nitrogen and oxygen atoms in total. The van der Waals surface area contributed by atoms with Gasteiger partial charge in [-0.05, 0) is 58.3 Å². The van der Waals surface area contributed by atoms with E-state index in [1.54, 1.807) is 15.3 Å². The van der Waals surface area contributed by atoms with Crippen molar-refractivity contribution < 1.29 is 13.2 Å². The van der Waals surface area contributed by atoms with E-state index in [2.05, 4.69) is 29.8 Å². The number of piperidine rings is 1. The topological polar surface area (TPSA) is 57.7 Å². The summed E-state index contributed by atoms with van der Waals surface area (Å²) in [5, 5.41) is 0. The van der Waals surface area contributed by atoms with Gasteiger partial charge in [0.25, 0.3) is 0 Å². The molecule has 0 aliphatic carbocycles. The van der Waals surface area contributed by atoms with Gasteiger partial charge in [-0.25, -0.2) is 8.42 Å². The normalized spacial score (nSPS) is 24.4. The van der Waals surface area contributed by atoms with Crippen LogP contribution in [0.4, 0.5) is 5.69 Å². The highest BCUT2D eigenvalue weighted by atomic mass is 79.9. The van der Waals surface area contributed by atoms with E-state index in [0.29, 0.717) is 42.4 Å². The molecule has 0 N–H and O–H groups in total. The van der Waals surface area contributed by atoms with Gasteiger partial charge in [0.05, 0.1) is 4.90 Å². The molecule has 0 radical (unpaired) electrons. The number of amides is 1. The molecule has 0 bridgehead atoms. The zero-order valence-electron chi connectivity index (χ0n) is 15.0. The second-order valence-corrected chi connectivity index (χ2v) is 10.1. The molecule has 25 heavy (non-hydrogen) atoms. The molecule has 2 aliphatic rings. The average molecular weight is 429 g/mol. The van der Waals surface area contributed by atoms with Crippen LogP contribution in [0.1, 0.15) is 39.2 Å². The van der Waals surface area contributed by atoms with Crippen molar-refractivity contribution in [3.05, 3.63) is 22.2 Å². The highest BCUT2D eigenvalue weighted by Gasteiger charge is 2.35. The minimum Gasteiger partial charge on any atom is -0.312 e. The number of nitrogens with zero attached hydrogens (tertiary/aromatic N) is 2. The fourth-order valence-electron chi connectivity index (χ4n) is 3.98. The quantitative estimate of drug-likeness (QED) is 0.740. The maximum atomic E-state index is 13.2. The number of carbonyl (C=O) groups is 1. The van der Waals surface area contributed by atoms with E-state index in [4.69, 9.17) is 0 Å². The molecule has 7 heteroatoms. The van der Waals surface area contributed by atoms with Gasteiger partial charge < -0.3 is 4.90 Å². The maximum Gasteiger partial charge on any atom is 0.244 e. The monoisotopic (exact) mass is 428 g/mol. The summed E-state index contributed by atoms with van der Waals surface area (Å²) in [6.07, 6.45) is 2.23. The van der Waals surface area contributed by atoms with Crippen molar-refractivity contribution in [2.75, 3.05) is 24.5 Å². The Hall–Kier alpha value is -0.920. The van der Waals surface area contributed by atoms with E-state index in [1.165, 1.54) is 0 Å². The molecule has 2 unspecified atom stereocenters. The van der Waals surface area contributed by atoms with Gasteiger partial charge in [-0.2, -0.15) is 4.31 Å². The summed E-state index contributed by atoms with van der Waals surface area (Å²) in [5.74, 6) is 0.736. The van der Waals surface area contributed by atoms with E-state index in [9.17, 15) is 13.2 Å². The van der Waals surface area contributed by atoms with Crippen molar-refractivity contribution in [2.24, 2.45) is 11.8 Å². The zero-order chi connectivity index (χ0) is 18.4. The minimum absolute atomic E-state index is 0.0321. The largest absolute Gasteiger partial charge is 0.312 e. The smallest absolute Gasteiger partial charge is 0.244 e. The van der Waals surface area contributed by atoms with Crippen molar-refractivity contribution in [1.29, 1.82) is 0 Å². The Labute approximate surface area is 158 Å². The lowest BCUT2D eigenvalue weighted by Crippen LogP contribution is -2.42. The molecule has 2 atom stereocenters. The van der Waals surface area contributed by atoms with Crippen LogP contribution in [0.15, 0.2) is 21.5 Å². The number of anilines is 1. The average Bonchev–Trinajstić information content (AvgIpc) is 2.95. The number of benzene rings is 1. The first-order chi connectivity index (χ1) is 11.7. The summed E-state index contributed by atoms with van der Waals surface area (Å²) in [7, 11) is -3.59. The molecule has 1 saturated heterocycles. The highest BCUT2D eigenvalue weighted by Crippen LogP contribution is 2.38. The number of carbonyl (C=O) groups excluding carboxylic acids is 1. The third-order valence-corrected chi connectivity index (χ3v) is 7.88. The van der Waals surface area contributed by atoms with Crippen LogP contribution in [0.25, 0.3) is 0 Å². The SMILES string of the molecule is CCC(=O)N1CCc2cc(Br)c(S(=O)(=O)N3CC(C)CC(C)C3)cc21. The molecular formula is C18H25BrN2O3S. The van der Waals surface area contributed by atoms with E-state index < -0.39 is 10.0 Å². The van der Waals surface area contributed by atoms with Crippen LogP contribution in [0.5, 0.6) is 0 Å². The number of halogens is 1. The summed E-state index contributed by atoms with van der Waals surface area (Å²) in [5.41, 5.74) is 1.76. The van der Waals surface area contributed by atoms with Gasteiger partial charge in [0, 0.05) is 36.2 Å². The van der Waals surface area contributed by atoms with Gasteiger partial charge in [0.15, 0.2) is 0 Å². The molecule has 0 saturated carbocycles. The number of fused-ring (bicyclic) bond motifs is 1. The predicted octanol–water partition coefficient (Wildman–Crippen LogP) is 3.41. The summed E-state index contributed by atoms with van der Waals surface area (Å²) in [6.45, 7) is 7.74. The van der Waals surface area contributed by atoms with Gasteiger partial charge in [-0.3, -0.25) is 4.79 Å². The molecule has 2 aliphatic heterocycles. The Morgan fingerprint density at radius 3 is 2.48 bits per heavy atom. The van der Waals surface area contributed by atoms with Crippen LogP contribution >= 0.6 is 15.9 Å². The second-order valence-electron chi connectivity index (χ2n) is 7.33. The summed E-state index contributed by atoms with van der Waals surface area (Å²) >= 11 is 3.45. The first-order valence-electron chi connectivity index (χ1n) is 8.87. The van der Waals surface area contributed by atoms with Crippen molar-refractivity contribution in [2.45, 2.75) is 44.9 Å². The second kappa shape index (κ2) is 7.00. The number of hydrogen-bond acceptors (Lipinski definition) is 3. The Kier molecular flexibility index (Phi) is 5.28. The Morgan fingerprint density at radius 1 is 1.24 bits per heavy atom. The summed E-state index contributed by atoms with van der Waals surface area (Å²) in [6, 6.07) is 3.54. The highest BCUT2D eigenvalue weighted by molar-refractivity contribution is 9.10. The van der Waals surface area contributed by atoms with Gasteiger partial charge in [-0.1, -0.05) is 20.8 Å². The Morgan fingerprint density at radius 2 is 1.88 bits per heavy atom. The Bertz CT molecular complexity index is 784. The van der Waals surface area contributed by atoms with Gasteiger partial charge >= 0.3 is 0 Å². The molecule has 1 aromatic carbocycles. The van der Waals surface area contributed by atoms with E-state index >= 15 is 0 Å². The van der Waals surface area contributed by atoms with Crippen molar-refractivity contribution >= 4 is 37.5 Å². The van der Waals surface area contributed by atoms with Crippen molar-refractivity contribution in [3.63, 3.8) is 0 Å². The lowest BCUT2D eigenvalue weighted by atomic mass is 9.94. The Balaban J connectivity index is 2.01. The van der Waals surface area contributed by atoms with E-state index in [1.807, 2.05) is 13.0 Å². The van der Waals surface area contributed by atoms with E-state index in [-0.39, 0.29) is 10.8 Å². The molecule has 1 amide bonds. The first-order valence-corrected chi connectivity index (χ1v) is 11.1. The van der Waals surface area contributed by atoms with Crippen LogP contribution in [0, 0.1) is 11.8 Å². The predicted molar refractivity (Wildman–Crippen MR) is 102 cm³/mol. The van der Waals surface area contributed by atoms with Crippen LogP contribution in [0.2, 0.25) is 0 Å². The molecule has 1 fully saturated rings. The molecule has 0 aromatic heterocycles. The maximum absolute atomic E-state index is 13.2. The standard InChI is InChI=1S/C18H25BrN2O3S/c1-4-18(22)21-6-5-14-8-15(19)17(9-16(14)21)25(23,24)20-10-12(2)7-13(3)11-20/h8-9,12-13H,4-7,10-11H2,1-3H3. The van der Waals surface area contributed by atoms with Gasteiger partial charge in [0.2, 0.25) is 15.9 Å². The van der Waals surface area contributed by atoms with Crippen molar-refractivity contribution in [1.82, 2.24) is 4.31 Å². The van der Waals surface area contributed by atoms with Gasteiger partial charge in [-0.15, -0.1) is 0 Å². The fourth-order valence-corrected chi connectivity index (χ4v) is 6.73. The fraction of sp³-hybridized carbons (Fsp3) is 0.611. The summed E-state index contributed by atoms with van der Waals surface area (Å²) in [4.78, 5) is 14.1. The third kappa shape index (κ3) is 3.51. The molecule has 2 heterocycles. The lowest BCUT2D eigenvalue weighted by Gasteiger charge is -2.34. The molecule has 3 rings (SSSR count). The number of hydrogen-bond donors (Lipinski definition) is 0. The number of sulfonamides is 1. The third-order valence-electron chi connectivity index (χ3n) is 5.09.